The maximum absolute atomic E-state index is 13.3. The Bertz CT molecular complexity index is 1280. The van der Waals surface area contributed by atoms with Gasteiger partial charge in [-0.25, -0.2) is 4.98 Å². The summed E-state index contributed by atoms with van der Waals surface area (Å²) in [5.41, 5.74) is 0.469. The first-order valence-corrected chi connectivity index (χ1v) is 12.2. The van der Waals surface area contributed by atoms with Gasteiger partial charge in [-0.3, -0.25) is 9.59 Å². The average molecular weight is 498 g/mol. The highest BCUT2D eigenvalue weighted by Crippen LogP contribution is 2.29. The number of pyridine rings is 1. The summed E-state index contributed by atoms with van der Waals surface area (Å²) in [6.07, 6.45) is 7.17. The largest absolute Gasteiger partial charge is 0.396 e. The topological polar surface area (TPSA) is 135 Å². The number of methoxy groups -OCH3 is 1. The van der Waals surface area contributed by atoms with Crippen LogP contribution in [0.3, 0.4) is 0 Å². The number of aromatic nitrogens is 4. The molecule has 0 radical (unpaired) electrons. The third-order valence-electron chi connectivity index (χ3n) is 6.74. The lowest BCUT2D eigenvalue weighted by Gasteiger charge is -2.29. The van der Waals surface area contributed by atoms with E-state index in [0.717, 1.165) is 25.7 Å². The van der Waals surface area contributed by atoms with Crippen LogP contribution in [0.5, 0.6) is 0 Å². The van der Waals surface area contributed by atoms with Gasteiger partial charge in [-0.15, -0.1) is 0 Å². The third-order valence-corrected chi connectivity index (χ3v) is 6.74. The van der Waals surface area contributed by atoms with Gasteiger partial charge in [0.05, 0.1) is 12.3 Å². The summed E-state index contributed by atoms with van der Waals surface area (Å²) in [7, 11) is 3.48. The molecule has 0 unspecified atom stereocenters. The van der Waals surface area contributed by atoms with Crippen molar-refractivity contribution in [3.8, 4) is 0 Å². The van der Waals surface area contributed by atoms with Gasteiger partial charge in [-0.2, -0.15) is 9.61 Å². The molecule has 3 heterocycles. The molecule has 1 saturated carbocycles. The van der Waals surface area contributed by atoms with Crippen LogP contribution in [0.4, 0.5) is 17.3 Å². The zero-order valence-electron chi connectivity index (χ0n) is 21.2. The van der Waals surface area contributed by atoms with E-state index in [2.05, 4.69) is 26.0 Å². The number of ether oxygens (including phenoxy) is 1. The standard InChI is InChI=1S/C25H35N7O4/c1-25(2,15-33)14-27-23(34)18-13-28-32-21(26-3)12-20(30-22(18)32)29-19-6-5-11-31(24(19)35)16-7-9-17(36-4)10-8-16/h5-6,11-13,16-17,26,33H,7-10,14-15H2,1-4H3,(H,27,34)(H,29,30). The van der Waals surface area contributed by atoms with Crippen molar-refractivity contribution in [2.75, 3.05) is 37.9 Å². The number of anilines is 3. The van der Waals surface area contributed by atoms with Gasteiger partial charge in [-0.05, 0) is 37.8 Å². The van der Waals surface area contributed by atoms with Gasteiger partial charge in [0.25, 0.3) is 11.5 Å². The molecule has 0 spiro atoms. The minimum absolute atomic E-state index is 0.0549. The molecule has 11 nitrogen and oxygen atoms in total. The van der Waals surface area contributed by atoms with Crippen molar-refractivity contribution in [1.29, 1.82) is 0 Å². The molecule has 0 bridgehead atoms. The molecular weight excluding hydrogens is 462 g/mol. The Kier molecular flexibility index (Phi) is 7.60. The van der Waals surface area contributed by atoms with Crippen molar-refractivity contribution >= 4 is 28.9 Å². The van der Waals surface area contributed by atoms with Crippen molar-refractivity contribution in [3.05, 3.63) is 46.5 Å². The second kappa shape index (κ2) is 10.7. The summed E-state index contributed by atoms with van der Waals surface area (Å²) in [5, 5.41) is 22.8. The lowest BCUT2D eigenvalue weighted by molar-refractivity contribution is 0.0580. The number of carbonyl (C=O) groups is 1. The van der Waals surface area contributed by atoms with Crippen LogP contribution in [0.2, 0.25) is 0 Å². The number of carbonyl (C=O) groups excluding carboxylic acids is 1. The molecule has 0 atom stereocenters. The molecule has 3 aromatic rings. The minimum Gasteiger partial charge on any atom is -0.396 e. The van der Waals surface area contributed by atoms with E-state index in [-0.39, 0.29) is 30.2 Å². The number of rotatable bonds is 9. The highest BCUT2D eigenvalue weighted by molar-refractivity contribution is 6.00. The van der Waals surface area contributed by atoms with E-state index in [4.69, 9.17) is 4.74 Å². The summed E-state index contributed by atoms with van der Waals surface area (Å²) in [5.74, 6) is 0.674. The van der Waals surface area contributed by atoms with E-state index < -0.39 is 5.41 Å². The van der Waals surface area contributed by atoms with Gasteiger partial charge < -0.3 is 30.4 Å². The van der Waals surface area contributed by atoms with Crippen molar-refractivity contribution in [1.82, 2.24) is 24.5 Å². The van der Waals surface area contributed by atoms with Crippen LogP contribution < -0.4 is 21.5 Å². The fourth-order valence-electron chi connectivity index (χ4n) is 4.43. The van der Waals surface area contributed by atoms with E-state index >= 15 is 0 Å². The van der Waals surface area contributed by atoms with Crippen LogP contribution in [0, 0.1) is 5.41 Å². The number of hydrogen-bond donors (Lipinski definition) is 4. The second-order valence-corrected chi connectivity index (χ2v) is 10.0. The van der Waals surface area contributed by atoms with Crippen molar-refractivity contribution in [2.24, 2.45) is 5.41 Å². The summed E-state index contributed by atoms with van der Waals surface area (Å²) >= 11 is 0. The van der Waals surface area contributed by atoms with Gasteiger partial charge in [0, 0.05) is 51.0 Å². The van der Waals surface area contributed by atoms with Crippen LogP contribution in [0.25, 0.3) is 5.65 Å². The SMILES string of the molecule is CNc1cc(Nc2cccn(C3CCC(OC)CC3)c2=O)nc2c(C(=O)NCC(C)(C)CO)cnn12. The van der Waals surface area contributed by atoms with E-state index in [9.17, 15) is 14.7 Å². The number of fused-ring (bicyclic) bond motifs is 1. The Labute approximate surface area is 209 Å². The summed E-state index contributed by atoms with van der Waals surface area (Å²) in [6.45, 7) is 3.96. The van der Waals surface area contributed by atoms with Crippen LogP contribution in [-0.2, 0) is 4.74 Å². The molecule has 0 saturated heterocycles. The van der Waals surface area contributed by atoms with Gasteiger partial charge in [0.1, 0.15) is 22.9 Å². The fourth-order valence-corrected chi connectivity index (χ4v) is 4.43. The highest BCUT2D eigenvalue weighted by atomic mass is 16.5. The van der Waals surface area contributed by atoms with Crippen LogP contribution in [0.1, 0.15) is 55.9 Å². The Balaban J connectivity index is 1.61. The number of nitrogens with zero attached hydrogens (tertiary/aromatic N) is 4. The Morgan fingerprint density at radius 3 is 2.69 bits per heavy atom. The van der Waals surface area contributed by atoms with Crippen molar-refractivity contribution in [3.63, 3.8) is 0 Å². The molecule has 4 N–H and O–H groups in total. The van der Waals surface area contributed by atoms with E-state index in [1.807, 2.05) is 26.1 Å². The highest BCUT2D eigenvalue weighted by Gasteiger charge is 2.24. The van der Waals surface area contributed by atoms with Gasteiger partial charge in [-0.1, -0.05) is 13.8 Å². The molecule has 1 fully saturated rings. The molecule has 11 heteroatoms. The monoisotopic (exact) mass is 497 g/mol. The predicted molar refractivity (Wildman–Crippen MR) is 138 cm³/mol. The quantitative estimate of drug-likeness (QED) is 0.354. The lowest BCUT2D eigenvalue weighted by atomic mass is 9.92. The molecule has 194 valence electrons. The Morgan fingerprint density at radius 1 is 1.28 bits per heavy atom. The second-order valence-electron chi connectivity index (χ2n) is 10.0. The first kappa shape index (κ1) is 25.6. The minimum atomic E-state index is -0.453. The first-order chi connectivity index (χ1) is 17.3. The third kappa shape index (κ3) is 5.36. The van der Waals surface area contributed by atoms with Crippen molar-refractivity contribution in [2.45, 2.75) is 51.7 Å². The molecular formula is C25H35N7O4. The number of hydrogen-bond acceptors (Lipinski definition) is 8. The maximum atomic E-state index is 13.3. The lowest BCUT2D eigenvalue weighted by Crippen LogP contribution is -2.36. The average Bonchev–Trinajstić information content (AvgIpc) is 3.32. The number of aliphatic hydroxyl groups excluding tert-OH is 1. The van der Waals surface area contributed by atoms with Gasteiger partial charge in [0.15, 0.2) is 5.65 Å². The number of aliphatic hydroxyl groups is 1. The van der Waals surface area contributed by atoms with Crippen molar-refractivity contribution < 1.29 is 14.6 Å². The molecule has 3 aromatic heterocycles. The zero-order chi connectivity index (χ0) is 25.9. The smallest absolute Gasteiger partial charge is 0.274 e. The van der Waals surface area contributed by atoms with Crippen LogP contribution >= 0.6 is 0 Å². The normalized spacial score (nSPS) is 18.2. The molecule has 0 aliphatic heterocycles. The summed E-state index contributed by atoms with van der Waals surface area (Å²) in [6, 6.07) is 5.44. The summed E-state index contributed by atoms with van der Waals surface area (Å²) in [4.78, 5) is 30.8. The molecule has 1 aliphatic rings. The molecule has 0 aromatic carbocycles. The Hall–Kier alpha value is -3.44. The van der Waals surface area contributed by atoms with Gasteiger partial charge >= 0.3 is 0 Å². The zero-order valence-corrected chi connectivity index (χ0v) is 21.2. The van der Waals surface area contributed by atoms with E-state index in [0.29, 0.717) is 35.1 Å². The molecule has 36 heavy (non-hydrogen) atoms. The van der Waals surface area contributed by atoms with Crippen LogP contribution in [0.15, 0.2) is 35.4 Å². The molecule has 4 rings (SSSR count). The first-order valence-electron chi connectivity index (χ1n) is 12.2. The van der Waals surface area contributed by atoms with Crippen LogP contribution in [-0.4, -0.2) is 63.6 Å². The number of amides is 1. The number of nitrogens with one attached hydrogen (secondary N) is 3. The van der Waals surface area contributed by atoms with E-state index in [1.165, 1.54) is 10.7 Å². The maximum Gasteiger partial charge on any atom is 0.274 e. The molecule has 1 aliphatic carbocycles. The summed E-state index contributed by atoms with van der Waals surface area (Å²) < 4.78 is 8.78. The van der Waals surface area contributed by atoms with E-state index in [1.54, 1.807) is 30.9 Å². The van der Waals surface area contributed by atoms with Gasteiger partial charge in [0.2, 0.25) is 0 Å². The molecule has 1 amide bonds. The Morgan fingerprint density at radius 2 is 2.03 bits per heavy atom. The fraction of sp³-hybridized carbons (Fsp3) is 0.520. The predicted octanol–water partition coefficient (Wildman–Crippen LogP) is 2.55.